The quantitative estimate of drug-likeness (QED) is 0.846. The van der Waals surface area contributed by atoms with Crippen LogP contribution < -0.4 is 16.0 Å². The Labute approximate surface area is 121 Å². The summed E-state index contributed by atoms with van der Waals surface area (Å²) >= 11 is 0. The van der Waals surface area contributed by atoms with E-state index >= 15 is 0 Å². The second-order valence-electron chi connectivity index (χ2n) is 4.18. The van der Waals surface area contributed by atoms with E-state index in [0.717, 1.165) is 4.68 Å². The number of halogens is 1. The molecule has 0 bridgehead atoms. The minimum Gasteiger partial charge on any atom is -0.480 e. The van der Waals surface area contributed by atoms with Crippen LogP contribution in [0.25, 0.3) is 0 Å². The number of nitrogens with zero attached hydrogens (tertiary/aromatic N) is 2. The van der Waals surface area contributed by atoms with Crippen LogP contribution in [0.1, 0.15) is 11.1 Å². The maximum atomic E-state index is 14.0. The highest BCUT2D eigenvalue weighted by Gasteiger charge is 2.07. The Morgan fingerprint density at radius 3 is 2.86 bits per heavy atom. The van der Waals surface area contributed by atoms with Crippen molar-refractivity contribution in [1.29, 1.82) is 0 Å². The molecule has 0 aliphatic rings. The fourth-order valence-electron chi connectivity index (χ4n) is 1.72. The lowest BCUT2D eigenvalue weighted by atomic mass is 10.1. The molecule has 1 heterocycles. The van der Waals surface area contributed by atoms with E-state index in [-0.39, 0.29) is 18.6 Å². The fraction of sp³-hybridized carbons (Fsp3) is 0.200. The summed E-state index contributed by atoms with van der Waals surface area (Å²) in [4.78, 5) is 11.7. The maximum Gasteiger partial charge on any atom is 0.267 e. The molecular weight excluding hydrogens is 273 g/mol. The van der Waals surface area contributed by atoms with Gasteiger partial charge in [-0.25, -0.2) is 9.07 Å². The van der Waals surface area contributed by atoms with Crippen molar-refractivity contribution in [2.75, 3.05) is 13.7 Å². The number of hydrogen-bond donors (Lipinski definition) is 1. The molecule has 1 aromatic heterocycles. The van der Waals surface area contributed by atoms with Gasteiger partial charge in [-0.2, -0.15) is 0 Å². The summed E-state index contributed by atoms with van der Waals surface area (Å²) in [7, 11) is 1.45. The van der Waals surface area contributed by atoms with Crippen molar-refractivity contribution in [2.24, 2.45) is 5.73 Å². The second-order valence-corrected chi connectivity index (χ2v) is 4.18. The molecule has 0 saturated heterocycles. The van der Waals surface area contributed by atoms with E-state index in [4.69, 9.17) is 10.5 Å². The lowest BCUT2D eigenvalue weighted by Crippen LogP contribution is -2.23. The zero-order valence-electron chi connectivity index (χ0n) is 11.5. The smallest absolute Gasteiger partial charge is 0.267 e. The second kappa shape index (κ2) is 6.68. The summed E-state index contributed by atoms with van der Waals surface area (Å²) in [5.41, 5.74) is 5.81. The van der Waals surface area contributed by atoms with Gasteiger partial charge in [0, 0.05) is 23.3 Å². The molecular formula is C15H14FN3O2. The lowest BCUT2D eigenvalue weighted by molar-refractivity contribution is 0.378. The van der Waals surface area contributed by atoms with Gasteiger partial charge in [0.2, 0.25) is 5.88 Å². The van der Waals surface area contributed by atoms with Crippen molar-refractivity contribution in [3.63, 3.8) is 0 Å². The van der Waals surface area contributed by atoms with Crippen molar-refractivity contribution in [1.82, 2.24) is 9.78 Å². The average molecular weight is 287 g/mol. The number of ether oxygens (including phenoxy) is 1. The summed E-state index contributed by atoms with van der Waals surface area (Å²) in [5.74, 6) is 5.24. The third-order valence-electron chi connectivity index (χ3n) is 2.76. The van der Waals surface area contributed by atoms with Gasteiger partial charge in [0.15, 0.2) is 0 Å². The van der Waals surface area contributed by atoms with Crippen LogP contribution in [-0.2, 0) is 6.54 Å². The Bertz CT molecular complexity index is 759. The van der Waals surface area contributed by atoms with Crippen LogP contribution in [0.15, 0.2) is 35.1 Å². The van der Waals surface area contributed by atoms with E-state index in [1.54, 1.807) is 12.1 Å². The SMILES string of the molecule is COc1ccc(=O)n(Cc2ccc(C#CCN)cc2F)n1. The van der Waals surface area contributed by atoms with E-state index in [1.807, 2.05) is 0 Å². The minimum absolute atomic E-state index is 0.0203. The molecule has 2 aromatic rings. The highest BCUT2D eigenvalue weighted by atomic mass is 19.1. The highest BCUT2D eigenvalue weighted by Crippen LogP contribution is 2.11. The molecule has 0 atom stereocenters. The third kappa shape index (κ3) is 3.68. The number of rotatable bonds is 3. The molecule has 6 heteroatoms. The molecule has 5 nitrogen and oxygen atoms in total. The Balaban J connectivity index is 2.30. The van der Waals surface area contributed by atoms with Crippen LogP contribution >= 0.6 is 0 Å². The molecule has 108 valence electrons. The van der Waals surface area contributed by atoms with Crippen molar-refractivity contribution in [3.8, 4) is 17.7 Å². The Kier molecular flexibility index (Phi) is 4.69. The van der Waals surface area contributed by atoms with Gasteiger partial charge in [-0.3, -0.25) is 4.79 Å². The summed E-state index contributed by atoms with van der Waals surface area (Å²) in [6.45, 7) is 0.235. The molecule has 2 rings (SSSR count). The van der Waals surface area contributed by atoms with Crippen molar-refractivity contribution in [3.05, 3.63) is 57.6 Å². The van der Waals surface area contributed by atoms with Gasteiger partial charge in [0.05, 0.1) is 20.2 Å². The number of nitrogens with two attached hydrogens (primary N) is 1. The number of hydrogen-bond acceptors (Lipinski definition) is 4. The van der Waals surface area contributed by atoms with Crippen LogP contribution in [0.4, 0.5) is 4.39 Å². The topological polar surface area (TPSA) is 70.1 Å². The zero-order chi connectivity index (χ0) is 15.2. The molecule has 0 unspecified atom stereocenters. The largest absolute Gasteiger partial charge is 0.480 e. The highest BCUT2D eigenvalue weighted by molar-refractivity contribution is 5.37. The van der Waals surface area contributed by atoms with Crippen LogP contribution in [0, 0.1) is 17.7 Å². The van der Waals surface area contributed by atoms with Crippen LogP contribution in [0.2, 0.25) is 0 Å². The summed E-state index contributed by atoms with van der Waals surface area (Å²) < 4.78 is 20.1. The summed E-state index contributed by atoms with van der Waals surface area (Å²) in [6, 6.07) is 7.34. The zero-order valence-corrected chi connectivity index (χ0v) is 11.5. The Hall–Kier alpha value is -2.65. The predicted molar refractivity (Wildman–Crippen MR) is 76.5 cm³/mol. The molecule has 1 aromatic carbocycles. The molecule has 0 amide bonds. The molecule has 0 aliphatic heterocycles. The summed E-state index contributed by atoms with van der Waals surface area (Å²) in [5, 5.41) is 3.97. The van der Waals surface area contributed by atoms with Crippen molar-refractivity contribution < 1.29 is 9.13 Å². The molecule has 21 heavy (non-hydrogen) atoms. The molecule has 0 saturated carbocycles. The van der Waals surface area contributed by atoms with Gasteiger partial charge in [-0.1, -0.05) is 17.9 Å². The van der Waals surface area contributed by atoms with Crippen LogP contribution in [0.3, 0.4) is 0 Å². The van der Waals surface area contributed by atoms with Gasteiger partial charge < -0.3 is 10.5 Å². The molecule has 0 aliphatic carbocycles. The van der Waals surface area contributed by atoms with Crippen molar-refractivity contribution in [2.45, 2.75) is 6.54 Å². The maximum absolute atomic E-state index is 14.0. The normalized spacial score (nSPS) is 9.86. The monoisotopic (exact) mass is 287 g/mol. The van der Waals surface area contributed by atoms with Gasteiger partial charge in [0.1, 0.15) is 5.82 Å². The first-order valence-electron chi connectivity index (χ1n) is 6.23. The van der Waals surface area contributed by atoms with Gasteiger partial charge in [0.25, 0.3) is 5.56 Å². The number of aromatic nitrogens is 2. The lowest BCUT2D eigenvalue weighted by Gasteiger charge is -2.07. The van der Waals surface area contributed by atoms with Gasteiger partial charge >= 0.3 is 0 Å². The minimum atomic E-state index is -0.449. The van der Waals surface area contributed by atoms with E-state index in [9.17, 15) is 9.18 Å². The number of benzene rings is 1. The van der Waals surface area contributed by atoms with Gasteiger partial charge in [-0.15, -0.1) is 5.10 Å². The fourth-order valence-corrected chi connectivity index (χ4v) is 1.72. The standard InChI is InChI=1S/C15H14FN3O2/c1-21-14-6-7-15(20)19(18-14)10-12-5-4-11(3-2-8-17)9-13(12)16/h4-7,9H,8,10,17H2,1H3. The van der Waals surface area contributed by atoms with Gasteiger partial charge in [-0.05, 0) is 12.1 Å². The van der Waals surface area contributed by atoms with Crippen molar-refractivity contribution >= 4 is 0 Å². The van der Waals surface area contributed by atoms with E-state index in [2.05, 4.69) is 16.9 Å². The first-order valence-corrected chi connectivity index (χ1v) is 6.23. The molecule has 2 N–H and O–H groups in total. The Morgan fingerprint density at radius 1 is 1.38 bits per heavy atom. The summed E-state index contributed by atoms with van der Waals surface area (Å²) in [6.07, 6.45) is 0. The molecule has 0 fully saturated rings. The third-order valence-corrected chi connectivity index (χ3v) is 2.76. The molecule has 0 spiro atoms. The van der Waals surface area contributed by atoms with E-state index in [1.165, 1.54) is 25.3 Å². The predicted octanol–water partition coefficient (Wildman–Crippen LogP) is 0.749. The Morgan fingerprint density at radius 2 is 2.19 bits per heavy atom. The number of methoxy groups -OCH3 is 1. The van der Waals surface area contributed by atoms with Crippen LogP contribution in [-0.4, -0.2) is 23.4 Å². The van der Waals surface area contributed by atoms with E-state index in [0.29, 0.717) is 17.0 Å². The first-order chi connectivity index (χ1) is 10.1. The van der Waals surface area contributed by atoms with Crippen LogP contribution in [0.5, 0.6) is 5.88 Å². The molecule has 0 radical (unpaired) electrons. The first kappa shape index (κ1) is 14.8. The average Bonchev–Trinajstić information content (AvgIpc) is 2.49. The van der Waals surface area contributed by atoms with E-state index < -0.39 is 5.82 Å².